The van der Waals surface area contributed by atoms with Crippen LogP contribution in [0.1, 0.15) is 22.6 Å². The Hall–Kier alpha value is -4.52. The normalized spacial score (nSPS) is 11.4. The van der Waals surface area contributed by atoms with Gasteiger partial charge in [-0.05, 0) is 37.6 Å². The predicted molar refractivity (Wildman–Crippen MR) is 137 cm³/mol. The Labute approximate surface area is 202 Å². The molecular weight excluding hydrogens is 436 g/mol. The topological polar surface area (TPSA) is 70.7 Å². The number of ether oxygens (including phenoxy) is 1. The van der Waals surface area contributed by atoms with Crippen molar-refractivity contribution in [3.8, 4) is 17.1 Å². The summed E-state index contributed by atoms with van der Waals surface area (Å²) < 4.78 is 9.44. The third kappa shape index (κ3) is 3.52. The van der Waals surface area contributed by atoms with E-state index in [0.29, 0.717) is 6.42 Å². The van der Waals surface area contributed by atoms with Crippen molar-refractivity contribution >= 4 is 21.8 Å². The minimum atomic E-state index is 0.607. The van der Waals surface area contributed by atoms with Gasteiger partial charge in [-0.3, -0.25) is 9.97 Å². The number of para-hydroxylation sites is 2. The van der Waals surface area contributed by atoms with Crippen molar-refractivity contribution in [3.05, 3.63) is 102 Å². The van der Waals surface area contributed by atoms with E-state index in [2.05, 4.69) is 42.2 Å². The molecule has 0 unspecified atom stereocenters. The van der Waals surface area contributed by atoms with E-state index in [1.165, 1.54) is 0 Å². The van der Waals surface area contributed by atoms with Crippen LogP contribution in [0.5, 0.6) is 5.75 Å². The summed E-state index contributed by atoms with van der Waals surface area (Å²) >= 11 is 0. The zero-order valence-corrected chi connectivity index (χ0v) is 19.8. The molecule has 172 valence electrons. The highest BCUT2D eigenvalue weighted by Gasteiger charge is 2.17. The van der Waals surface area contributed by atoms with Gasteiger partial charge >= 0.3 is 0 Å². The van der Waals surface area contributed by atoms with Crippen molar-refractivity contribution in [2.45, 2.75) is 20.3 Å². The maximum atomic E-state index is 5.56. The molecule has 0 amide bonds. The van der Waals surface area contributed by atoms with Crippen molar-refractivity contribution in [2.75, 3.05) is 7.11 Å². The minimum absolute atomic E-state index is 0.607. The first-order valence-corrected chi connectivity index (χ1v) is 11.5. The van der Waals surface area contributed by atoms with Gasteiger partial charge in [0.1, 0.15) is 11.4 Å². The summed E-state index contributed by atoms with van der Waals surface area (Å²) in [6.07, 6.45) is 6.01. The summed E-state index contributed by atoms with van der Waals surface area (Å²) in [4.78, 5) is 9.08. The first-order chi connectivity index (χ1) is 17.1. The number of methoxy groups -OCH3 is 1. The second-order valence-corrected chi connectivity index (χ2v) is 8.58. The van der Waals surface area contributed by atoms with Gasteiger partial charge in [-0.15, -0.1) is 0 Å². The molecule has 0 saturated heterocycles. The summed E-state index contributed by atoms with van der Waals surface area (Å²) in [5.74, 6) is 0.722. The molecule has 0 spiro atoms. The van der Waals surface area contributed by atoms with Gasteiger partial charge in [0.05, 0.1) is 47.6 Å². The molecule has 0 bridgehead atoms. The second-order valence-electron chi connectivity index (χ2n) is 8.58. The number of fused-ring (bicyclic) bond motifs is 2. The smallest absolute Gasteiger partial charge is 0.147 e. The Balaban J connectivity index is 1.40. The fraction of sp³-hybridized carbons (Fsp3) is 0.143. The summed E-state index contributed by atoms with van der Waals surface area (Å²) in [5.41, 5.74) is 7.89. The highest BCUT2D eigenvalue weighted by atomic mass is 16.5. The zero-order valence-electron chi connectivity index (χ0n) is 19.8. The van der Waals surface area contributed by atoms with Crippen LogP contribution >= 0.6 is 0 Å². The van der Waals surface area contributed by atoms with Crippen LogP contribution in [0, 0.1) is 13.8 Å². The van der Waals surface area contributed by atoms with E-state index in [1.807, 2.05) is 52.8 Å². The van der Waals surface area contributed by atoms with E-state index in [9.17, 15) is 0 Å². The standard InChI is InChI=1S/C28H24N6O/c1-18-14-20(30-17-26(18)33-24-10-6-4-8-21(24)19(2)31-33)15-23-22-9-5-7-11-25(22)34(32-23)27-16-29-13-12-28(27)35-3/h4-14,16-17H,15H2,1-3H3. The molecule has 0 aliphatic rings. The van der Waals surface area contributed by atoms with Crippen molar-refractivity contribution in [3.63, 3.8) is 0 Å². The molecule has 4 heterocycles. The molecule has 0 aliphatic carbocycles. The minimum Gasteiger partial charge on any atom is -0.494 e. The maximum Gasteiger partial charge on any atom is 0.147 e. The van der Waals surface area contributed by atoms with Gasteiger partial charge in [0, 0.05) is 35.2 Å². The van der Waals surface area contributed by atoms with Crippen LogP contribution in [0.3, 0.4) is 0 Å². The largest absolute Gasteiger partial charge is 0.494 e. The lowest BCUT2D eigenvalue weighted by molar-refractivity contribution is 0.411. The Morgan fingerprint density at radius 3 is 2.29 bits per heavy atom. The lowest BCUT2D eigenvalue weighted by Crippen LogP contribution is -2.04. The lowest BCUT2D eigenvalue weighted by Gasteiger charge is -2.09. The van der Waals surface area contributed by atoms with Gasteiger partial charge in [-0.25, -0.2) is 9.36 Å². The maximum absolute atomic E-state index is 5.56. The van der Waals surface area contributed by atoms with E-state index >= 15 is 0 Å². The molecular formula is C28H24N6O. The summed E-state index contributed by atoms with van der Waals surface area (Å²) in [7, 11) is 1.66. The third-order valence-corrected chi connectivity index (χ3v) is 6.36. The van der Waals surface area contributed by atoms with Gasteiger partial charge < -0.3 is 4.74 Å². The predicted octanol–water partition coefficient (Wildman–Crippen LogP) is 5.37. The number of nitrogens with zero attached hydrogens (tertiary/aromatic N) is 6. The van der Waals surface area contributed by atoms with Crippen LogP contribution in [-0.4, -0.2) is 36.6 Å². The van der Waals surface area contributed by atoms with Gasteiger partial charge in [0.2, 0.25) is 0 Å². The molecule has 7 nitrogen and oxygen atoms in total. The van der Waals surface area contributed by atoms with E-state index in [0.717, 1.165) is 61.6 Å². The average Bonchev–Trinajstić information content (AvgIpc) is 3.42. The number of aryl methyl sites for hydroxylation is 2. The SMILES string of the molecule is COc1ccncc1-n1nc(Cc2cc(C)c(-n3nc(C)c4ccccc43)cn2)c2ccccc21. The van der Waals surface area contributed by atoms with Gasteiger partial charge in [-0.2, -0.15) is 10.2 Å². The highest BCUT2D eigenvalue weighted by molar-refractivity contribution is 5.84. The van der Waals surface area contributed by atoms with E-state index in [-0.39, 0.29) is 0 Å². The quantitative estimate of drug-likeness (QED) is 0.346. The van der Waals surface area contributed by atoms with Gasteiger partial charge in [-0.1, -0.05) is 36.4 Å². The van der Waals surface area contributed by atoms with Gasteiger partial charge in [0.15, 0.2) is 0 Å². The fourth-order valence-electron chi connectivity index (χ4n) is 4.65. The van der Waals surface area contributed by atoms with E-state index in [4.69, 9.17) is 19.9 Å². The summed E-state index contributed by atoms with van der Waals surface area (Å²) in [5, 5.41) is 12.0. The summed E-state index contributed by atoms with van der Waals surface area (Å²) in [6.45, 7) is 4.14. The molecule has 6 rings (SSSR count). The molecule has 0 aliphatic heterocycles. The van der Waals surface area contributed by atoms with E-state index < -0.39 is 0 Å². The number of hydrogen-bond donors (Lipinski definition) is 0. The van der Waals surface area contributed by atoms with Crippen LogP contribution in [-0.2, 0) is 6.42 Å². The van der Waals surface area contributed by atoms with Crippen LogP contribution in [0.2, 0.25) is 0 Å². The molecule has 2 aromatic carbocycles. The summed E-state index contributed by atoms with van der Waals surface area (Å²) in [6, 6.07) is 20.4. The number of benzene rings is 2. The second kappa shape index (κ2) is 8.36. The molecule has 0 fully saturated rings. The molecule has 0 saturated carbocycles. The Morgan fingerprint density at radius 2 is 1.51 bits per heavy atom. The molecule has 0 N–H and O–H groups in total. The van der Waals surface area contributed by atoms with E-state index in [1.54, 1.807) is 19.5 Å². The fourth-order valence-corrected chi connectivity index (χ4v) is 4.65. The first kappa shape index (κ1) is 21.0. The molecule has 0 radical (unpaired) electrons. The number of aromatic nitrogens is 6. The van der Waals surface area contributed by atoms with Crippen LogP contribution in [0.15, 0.2) is 79.3 Å². The molecule has 0 atom stereocenters. The number of rotatable bonds is 5. The van der Waals surface area contributed by atoms with Crippen LogP contribution in [0.4, 0.5) is 0 Å². The van der Waals surface area contributed by atoms with Crippen molar-refractivity contribution < 1.29 is 4.74 Å². The van der Waals surface area contributed by atoms with Crippen LogP contribution in [0.25, 0.3) is 33.2 Å². The van der Waals surface area contributed by atoms with Crippen molar-refractivity contribution in [1.82, 2.24) is 29.5 Å². The monoisotopic (exact) mass is 460 g/mol. The average molecular weight is 461 g/mol. The zero-order chi connectivity index (χ0) is 23.9. The lowest BCUT2D eigenvalue weighted by atomic mass is 10.1. The molecule has 6 aromatic rings. The van der Waals surface area contributed by atoms with Gasteiger partial charge in [0.25, 0.3) is 0 Å². The Morgan fingerprint density at radius 1 is 0.800 bits per heavy atom. The van der Waals surface area contributed by atoms with Crippen molar-refractivity contribution in [2.24, 2.45) is 0 Å². The molecule has 7 heteroatoms. The Kier molecular flexibility index (Phi) is 5.03. The van der Waals surface area contributed by atoms with Crippen molar-refractivity contribution in [1.29, 1.82) is 0 Å². The number of pyridine rings is 2. The molecule has 35 heavy (non-hydrogen) atoms. The highest BCUT2D eigenvalue weighted by Crippen LogP contribution is 2.29. The first-order valence-electron chi connectivity index (χ1n) is 11.5. The number of hydrogen-bond acceptors (Lipinski definition) is 5. The van der Waals surface area contributed by atoms with Crippen LogP contribution < -0.4 is 4.74 Å². The third-order valence-electron chi connectivity index (χ3n) is 6.36. The molecule has 4 aromatic heterocycles. The Bertz CT molecular complexity index is 1700.